The molecule has 1 aromatic rings. The molecule has 1 rings (SSSR count). The molecule has 0 unspecified atom stereocenters. The van der Waals surface area contributed by atoms with Crippen LogP contribution in [0.3, 0.4) is 0 Å². The van der Waals surface area contributed by atoms with Gasteiger partial charge in [-0.2, -0.15) is 0 Å². The molecule has 3 N–H and O–H groups in total. The topological polar surface area (TPSA) is 76.2 Å². The predicted molar refractivity (Wildman–Crippen MR) is 50.9 cm³/mol. The lowest BCUT2D eigenvalue weighted by Gasteiger charge is -2.03. The number of nitrogens with two attached hydrogens (primary N) is 1. The minimum atomic E-state index is -0.967. The summed E-state index contributed by atoms with van der Waals surface area (Å²) < 4.78 is 0. The largest absolute Gasteiger partial charge is 0.480 e. The lowest BCUT2D eigenvalue weighted by atomic mass is 10.2. The van der Waals surface area contributed by atoms with E-state index in [4.69, 9.17) is 10.8 Å². The van der Waals surface area contributed by atoms with Crippen LogP contribution in [-0.2, 0) is 11.2 Å². The van der Waals surface area contributed by atoms with Crippen molar-refractivity contribution in [3.63, 3.8) is 0 Å². The monoisotopic (exact) mass is 200 g/mol. The maximum atomic E-state index is 10.5. The number of carbonyl (C=O) groups is 1. The van der Waals surface area contributed by atoms with Gasteiger partial charge in [-0.25, -0.2) is 4.98 Å². The Hall–Kier alpha value is -0.940. The number of aryl methyl sites for hydroxylation is 2. The summed E-state index contributed by atoms with van der Waals surface area (Å²) in [6.45, 7) is 3.76. The van der Waals surface area contributed by atoms with Crippen LogP contribution < -0.4 is 5.73 Å². The zero-order valence-electron chi connectivity index (χ0n) is 7.57. The van der Waals surface area contributed by atoms with Gasteiger partial charge >= 0.3 is 5.97 Å². The number of carboxylic acids is 1. The second-order valence-corrected chi connectivity index (χ2v) is 4.18. The van der Waals surface area contributed by atoms with E-state index in [1.165, 1.54) is 11.3 Å². The Labute approximate surface area is 80.4 Å². The summed E-state index contributed by atoms with van der Waals surface area (Å²) in [6.07, 6.45) is 0.368. The summed E-state index contributed by atoms with van der Waals surface area (Å²) in [5.74, 6) is -0.967. The molecule has 1 heterocycles. The van der Waals surface area contributed by atoms with E-state index < -0.39 is 12.0 Å². The van der Waals surface area contributed by atoms with E-state index >= 15 is 0 Å². The van der Waals surface area contributed by atoms with Gasteiger partial charge in [0.25, 0.3) is 0 Å². The molecule has 1 aromatic heterocycles. The van der Waals surface area contributed by atoms with Crippen molar-refractivity contribution >= 4 is 17.3 Å². The number of aromatic nitrogens is 1. The SMILES string of the molecule is Cc1nc(C)c(C[C@H](N)C(=O)O)s1. The van der Waals surface area contributed by atoms with Gasteiger partial charge in [0.15, 0.2) is 0 Å². The molecule has 1 atom stereocenters. The molecule has 72 valence electrons. The highest BCUT2D eigenvalue weighted by Gasteiger charge is 2.15. The van der Waals surface area contributed by atoms with Crippen LogP contribution in [0.2, 0.25) is 0 Å². The Balaban J connectivity index is 2.74. The van der Waals surface area contributed by atoms with Crippen LogP contribution in [0.4, 0.5) is 0 Å². The van der Waals surface area contributed by atoms with Gasteiger partial charge in [0.05, 0.1) is 10.7 Å². The standard InChI is InChI=1S/C8H12N2O2S/c1-4-7(13-5(2)10-4)3-6(9)8(11)12/h6H,3,9H2,1-2H3,(H,11,12)/t6-/m0/s1. The highest BCUT2D eigenvalue weighted by molar-refractivity contribution is 7.11. The molecule has 0 bridgehead atoms. The van der Waals surface area contributed by atoms with E-state index in [0.29, 0.717) is 6.42 Å². The summed E-state index contributed by atoms with van der Waals surface area (Å²) in [7, 11) is 0. The molecule has 5 heteroatoms. The van der Waals surface area contributed by atoms with Crippen LogP contribution in [0.25, 0.3) is 0 Å². The Kier molecular flexibility index (Phi) is 3.00. The minimum absolute atomic E-state index is 0.368. The molecule has 0 spiro atoms. The fraction of sp³-hybridized carbons (Fsp3) is 0.500. The number of rotatable bonds is 3. The van der Waals surface area contributed by atoms with Crippen LogP contribution in [0, 0.1) is 13.8 Å². The summed E-state index contributed by atoms with van der Waals surface area (Å²) in [4.78, 5) is 15.6. The zero-order valence-corrected chi connectivity index (χ0v) is 8.39. The van der Waals surface area contributed by atoms with Gasteiger partial charge in [-0.15, -0.1) is 11.3 Å². The van der Waals surface area contributed by atoms with E-state index in [1.54, 1.807) is 0 Å². The first-order chi connectivity index (χ1) is 6.00. The van der Waals surface area contributed by atoms with Crippen molar-refractivity contribution in [2.75, 3.05) is 0 Å². The van der Waals surface area contributed by atoms with E-state index in [9.17, 15) is 4.79 Å². The van der Waals surface area contributed by atoms with Crippen LogP contribution >= 0.6 is 11.3 Å². The van der Waals surface area contributed by atoms with Gasteiger partial charge in [-0.1, -0.05) is 0 Å². The third-order valence-corrected chi connectivity index (χ3v) is 2.82. The third kappa shape index (κ3) is 2.50. The number of aliphatic carboxylic acids is 1. The molecule has 4 nitrogen and oxygen atoms in total. The Morgan fingerprint density at radius 2 is 2.31 bits per heavy atom. The maximum absolute atomic E-state index is 10.5. The smallest absolute Gasteiger partial charge is 0.320 e. The lowest BCUT2D eigenvalue weighted by molar-refractivity contribution is -0.138. The van der Waals surface area contributed by atoms with E-state index in [0.717, 1.165) is 15.6 Å². The average Bonchev–Trinajstić information content (AvgIpc) is 2.30. The van der Waals surface area contributed by atoms with Crippen LogP contribution in [0.5, 0.6) is 0 Å². The third-order valence-electron chi connectivity index (χ3n) is 1.72. The van der Waals surface area contributed by atoms with Crippen molar-refractivity contribution in [2.24, 2.45) is 5.73 Å². The fourth-order valence-electron chi connectivity index (χ4n) is 1.05. The minimum Gasteiger partial charge on any atom is -0.480 e. The summed E-state index contributed by atoms with van der Waals surface area (Å²) in [5.41, 5.74) is 6.29. The van der Waals surface area contributed by atoms with E-state index in [2.05, 4.69) is 4.98 Å². The molecule has 0 fully saturated rings. The number of hydrogen-bond donors (Lipinski definition) is 2. The number of hydrogen-bond acceptors (Lipinski definition) is 4. The maximum Gasteiger partial charge on any atom is 0.320 e. The molecular weight excluding hydrogens is 188 g/mol. The average molecular weight is 200 g/mol. The zero-order chi connectivity index (χ0) is 10.0. The van der Waals surface area contributed by atoms with Crippen LogP contribution in [0.15, 0.2) is 0 Å². The van der Waals surface area contributed by atoms with Gasteiger partial charge < -0.3 is 10.8 Å². The van der Waals surface area contributed by atoms with Crippen molar-refractivity contribution < 1.29 is 9.90 Å². The highest BCUT2D eigenvalue weighted by atomic mass is 32.1. The first kappa shape index (κ1) is 10.1. The second-order valence-electron chi connectivity index (χ2n) is 2.89. The van der Waals surface area contributed by atoms with Gasteiger partial charge in [-0.3, -0.25) is 4.79 Å². The number of carboxylic acid groups (broad SMARTS) is 1. The Morgan fingerprint density at radius 1 is 1.69 bits per heavy atom. The second kappa shape index (κ2) is 3.85. The highest BCUT2D eigenvalue weighted by Crippen LogP contribution is 2.18. The first-order valence-electron chi connectivity index (χ1n) is 3.92. The van der Waals surface area contributed by atoms with Crippen molar-refractivity contribution in [2.45, 2.75) is 26.3 Å². The summed E-state index contributed by atoms with van der Waals surface area (Å²) in [5, 5.41) is 9.55. The molecule has 0 aliphatic rings. The number of nitrogens with zero attached hydrogens (tertiary/aromatic N) is 1. The Bertz CT molecular complexity index is 322. The molecular formula is C8H12N2O2S. The summed E-state index contributed by atoms with van der Waals surface area (Å²) >= 11 is 1.51. The molecule has 0 saturated heterocycles. The van der Waals surface area contributed by atoms with Gasteiger partial charge in [-0.05, 0) is 13.8 Å². The molecule has 0 aliphatic heterocycles. The van der Waals surface area contributed by atoms with E-state index in [1.807, 2.05) is 13.8 Å². The van der Waals surface area contributed by atoms with Gasteiger partial charge in [0.1, 0.15) is 6.04 Å². The van der Waals surface area contributed by atoms with Crippen molar-refractivity contribution in [1.29, 1.82) is 0 Å². The lowest BCUT2D eigenvalue weighted by Crippen LogP contribution is -2.32. The quantitative estimate of drug-likeness (QED) is 0.753. The predicted octanol–water partition coefficient (Wildman–Crippen LogP) is 0.714. The first-order valence-corrected chi connectivity index (χ1v) is 4.73. The molecule has 0 amide bonds. The van der Waals surface area contributed by atoms with Crippen LogP contribution in [0.1, 0.15) is 15.6 Å². The molecule has 13 heavy (non-hydrogen) atoms. The Morgan fingerprint density at radius 3 is 2.69 bits per heavy atom. The summed E-state index contributed by atoms with van der Waals surface area (Å²) in [6, 6.07) is -0.821. The fourth-order valence-corrected chi connectivity index (χ4v) is 2.05. The van der Waals surface area contributed by atoms with Gasteiger partial charge in [0.2, 0.25) is 0 Å². The molecule has 0 aliphatic carbocycles. The van der Waals surface area contributed by atoms with Gasteiger partial charge in [0, 0.05) is 11.3 Å². The normalized spacial score (nSPS) is 12.8. The van der Waals surface area contributed by atoms with Crippen molar-refractivity contribution in [3.05, 3.63) is 15.6 Å². The molecule has 0 radical (unpaired) electrons. The van der Waals surface area contributed by atoms with Crippen LogP contribution in [-0.4, -0.2) is 22.1 Å². The van der Waals surface area contributed by atoms with Crippen molar-refractivity contribution in [3.8, 4) is 0 Å². The number of thiazole rings is 1. The van der Waals surface area contributed by atoms with Crippen molar-refractivity contribution in [1.82, 2.24) is 4.98 Å². The van der Waals surface area contributed by atoms with E-state index in [-0.39, 0.29) is 0 Å². The molecule has 0 saturated carbocycles. The molecule has 0 aromatic carbocycles.